The first-order chi connectivity index (χ1) is 6.92. The van der Waals surface area contributed by atoms with Crippen molar-refractivity contribution in [2.24, 2.45) is 0 Å². The van der Waals surface area contributed by atoms with Crippen LogP contribution in [-0.2, 0) is 0 Å². The maximum Gasteiger partial charge on any atom is 0.0363 e. The molecule has 0 aliphatic carbocycles. The standard InChI is InChI=1S/C12H18N2/c1-2-8-14-9-4-6-12(14)11-5-3-7-13-10-11/h3,5,7,10,12H,2,4,6,8-9H2,1H3/t12-/m0/s1. The van der Waals surface area contributed by atoms with Gasteiger partial charge in [-0.25, -0.2) is 0 Å². The van der Waals surface area contributed by atoms with Crippen LogP contribution < -0.4 is 0 Å². The fourth-order valence-corrected chi connectivity index (χ4v) is 2.33. The summed E-state index contributed by atoms with van der Waals surface area (Å²) in [5.41, 5.74) is 1.39. The zero-order valence-electron chi connectivity index (χ0n) is 8.82. The zero-order chi connectivity index (χ0) is 9.80. The van der Waals surface area contributed by atoms with Gasteiger partial charge in [0.25, 0.3) is 0 Å². The number of likely N-dealkylation sites (tertiary alicyclic amines) is 1. The molecule has 14 heavy (non-hydrogen) atoms. The number of rotatable bonds is 3. The van der Waals surface area contributed by atoms with Crippen LogP contribution >= 0.6 is 0 Å². The van der Waals surface area contributed by atoms with Crippen LogP contribution in [0, 0.1) is 0 Å². The molecule has 0 N–H and O–H groups in total. The molecule has 0 spiro atoms. The van der Waals surface area contributed by atoms with Crippen molar-refractivity contribution in [1.29, 1.82) is 0 Å². The maximum absolute atomic E-state index is 4.20. The van der Waals surface area contributed by atoms with E-state index in [1.165, 1.54) is 37.9 Å². The van der Waals surface area contributed by atoms with Crippen LogP contribution in [0.1, 0.15) is 37.8 Å². The van der Waals surface area contributed by atoms with Crippen LogP contribution in [0.15, 0.2) is 24.5 Å². The molecule has 1 fully saturated rings. The van der Waals surface area contributed by atoms with E-state index in [-0.39, 0.29) is 0 Å². The van der Waals surface area contributed by atoms with E-state index in [2.05, 4.69) is 22.9 Å². The molecule has 0 saturated carbocycles. The normalized spacial score (nSPS) is 22.8. The number of hydrogen-bond donors (Lipinski definition) is 0. The third-order valence-electron chi connectivity index (χ3n) is 2.94. The summed E-state index contributed by atoms with van der Waals surface area (Å²) in [5, 5.41) is 0. The molecule has 1 aliphatic rings. The lowest BCUT2D eigenvalue weighted by molar-refractivity contribution is 0.257. The Morgan fingerprint density at radius 3 is 3.21 bits per heavy atom. The molecule has 1 aromatic rings. The molecule has 2 heteroatoms. The van der Waals surface area contributed by atoms with Gasteiger partial charge >= 0.3 is 0 Å². The van der Waals surface area contributed by atoms with E-state index >= 15 is 0 Å². The number of nitrogens with zero attached hydrogens (tertiary/aromatic N) is 2. The highest BCUT2D eigenvalue weighted by atomic mass is 15.2. The molecule has 1 aliphatic heterocycles. The lowest BCUT2D eigenvalue weighted by atomic mass is 10.1. The molecule has 0 radical (unpaired) electrons. The topological polar surface area (TPSA) is 16.1 Å². The summed E-state index contributed by atoms with van der Waals surface area (Å²) < 4.78 is 0. The van der Waals surface area contributed by atoms with Crippen LogP contribution in [0.5, 0.6) is 0 Å². The quantitative estimate of drug-likeness (QED) is 0.728. The summed E-state index contributed by atoms with van der Waals surface area (Å²) in [6.45, 7) is 4.73. The fraction of sp³-hybridized carbons (Fsp3) is 0.583. The van der Waals surface area contributed by atoms with E-state index in [1.54, 1.807) is 0 Å². The van der Waals surface area contributed by atoms with Gasteiger partial charge in [-0.2, -0.15) is 0 Å². The minimum absolute atomic E-state index is 0.628. The molecule has 1 saturated heterocycles. The van der Waals surface area contributed by atoms with Crippen molar-refractivity contribution in [3.63, 3.8) is 0 Å². The van der Waals surface area contributed by atoms with Crippen LogP contribution in [0.2, 0.25) is 0 Å². The molecule has 1 aromatic heterocycles. The number of hydrogen-bond acceptors (Lipinski definition) is 2. The molecular weight excluding hydrogens is 172 g/mol. The van der Waals surface area contributed by atoms with E-state index in [4.69, 9.17) is 0 Å². The Morgan fingerprint density at radius 2 is 2.50 bits per heavy atom. The van der Waals surface area contributed by atoms with Crippen molar-refractivity contribution in [3.8, 4) is 0 Å². The Balaban J connectivity index is 2.10. The second-order valence-electron chi connectivity index (χ2n) is 3.98. The molecule has 0 bridgehead atoms. The lowest BCUT2D eigenvalue weighted by Crippen LogP contribution is -2.23. The second kappa shape index (κ2) is 4.56. The van der Waals surface area contributed by atoms with E-state index in [1.807, 2.05) is 18.5 Å². The number of aromatic nitrogens is 1. The minimum Gasteiger partial charge on any atom is -0.296 e. The van der Waals surface area contributed by atoms with E-state index in [9.17, 15) is 0 Å². The highest BCUT2D eigenvalue weighted by Crippen LogP contribution is 2.30. The van der Waals surface area contributed by atoms with Gasteiger partial charge in [-0.3, -0.25) is 9.88 Å². The summed E-state index contributed by atoms with van der Waals surface area (Å²) in [6, 6.07) is 4.87. The first-order valence-electron chi connectivity index (χ1n) is 5.56. The van der Waals surface area contributed by atoms with Crippen LogP contribution in [0.4, 0.5) is 0 Å². The molecule has 0 unspecified atom stereocenters. The fourth-order valence-electron chi connectivity index (χ4n) is 2.33. The van der Waals surface area contributed by atoms with Gasteiger partial charge in [0.15, 0.2) is 0 Å². The highest BCUT2D eigenvalue weighted by Gasteiger charge is 2.24. The Labute approximate surface area is 86.0 Å². The van der Waals surface area contributed by atoms with Crippen molar-refractivity contribution in [2.45, 2.75) is 32.2 Å². The molecule has 2 nitrogen and oxygen atoms in total. The Hall–Kier alpha value is -0.890. The van der Waals surface area contributed by atoms with E-state index in [0.717, 1.165) is 0 Å². The largest absolute Gasteiger partial charge is 0.296 e. The SMILES string of the molecule is CCCN1CCC[C@H]1c1cccnc1. The summed E-state index contributed by atoms with van der Waals surface area (Å²) in [6.07, 6.45) is 7.74. The third kappa shape index (κ3) is 1.95. The third-order valence-corrected chi connectivity index (χ3v) is 2.94. The minimum atomic E-state index is 0.628. The zero-order valence-corrected chi connectivity index (χ0v) is 8.82. The van der Waals surface area contributed by atoms with Gasteiger partial charge in [0.1, 0.15) is 0 Å². The van der Waals surface area contributed by atoms with Gasteiger partial charge in [0, 0.05) is 18.4 Å². The maximum atomic E-state index is 4.20. The van der Waals surface area contributed by atoms with Gasteiger partial charge in [-0.15, -0.1) is 0 Å². The van der Waals surface area contributed by atoms with Crippen molar-refractivity contribution < 1.29 is 0 Å². The predicted molar refractivity (Wildman–Crippen MR) is 58.1 cm³/mol. The summed E-state index contributed by atoms with van der Waals surface area (Å²) in [7, 11) is 0. The first kappa shape index (κ1) is 9.66. The molecule has 76 valence electrons. The smallest absolute Gasteiger partial charge is 0.0363 e. The van der Waals surface area contributed by atoms with E-state index < -0.39 is 0 Å². The Kier molecular flexibility index (Phi) is 3.14. The monoisotopic (exact) mass is 190 g/mol. The van der Waals surface area contributed by atoms with Crippen LogP contribution in [-0.4, -0.2) is 23.0 Å². The van der Waals surface area contributed by atoms with E-state index in [0.29, 0.717) is 6.04 Å². The van der Waals surface area contributed by atoms with Crippen molar-refractivity contribution >= 4 is 0 Å². The second-order valence-corrected chi connectivity index (χ2v) is 3.98. The predicted octanol–water partition coefficient (Wildman–Crippen LogP) is 2.63. The Morgan fingerprint density at radius 1 is 1.57 bits per heavy atom. The average Bonchev–Trinajstić information content (AvgIpc) is 2.68. The first-order valence-corrected chi connectivity index (χ1v) is 5.56. The summed E-state index contributed by atoms with van der Waals surface area (Å²) in [4.78, 5) is 6.78. The molecular formula is C12H18N2. The van der Waals surface area contributed by atoms with Gasteiger partial charge in [0.2, 0.25) is 0 Å². The highest BCUT2D eigenvalue weighted by molar-refractivity contribution is 5.15. The van der Waals surface area contributed by atoms with Gasteiger partial charge in [-0.05, 0) is 44.0 Å². The summed E-state index contributed by atoms with van der Waals surface area (Å²) >= 11 is 0. The van der Waals surface area contributed by atoms with Gasteiger partial charge in [-0.1, -0.05) is 13.0 Å². The molecule has 1 atom stereocenters. The van der Waals surface area contributed by atoms with Crippen molar-refractivity contribution in [3.05, 3.63) is 30.1 Å². The number of pyridine rings is 1. The van der Waals surface area contributed by atoms with Crippen molar-refractivity contribution in [2.75, 3.05) is 13.1 Å². The van der Waals surface area contributed by atoms with Crippen molar-refractivity contribution in [1.82, 2.24) is 9.88 Å². The molecule has 0 amide bonds. The summed E-state index contributed by atoms with van der Waals surface area (Å²) in [5.74, 6) is 0. The lowest BCUT2D eigenvalue weighted by Gasteiger charge is -2.23. The van der Waals surface area contributed by atoms with Gasteiger partial charge < -0.3 is 0 Å². The molecule has 2 heterocycles. The van der Waals surface area contributed by atoms with Crippen LogP contribution in [0.3, 0.4) is 0 Å². The molecule has 2 rings (SSSR count). The van der Waals surface area contributed by atoms with Gasteiger partial charge in [0.05, 0.1) is 0 Å². The Bertz CT molecular complexity index is 271. The van der Waals surface area contributed by atoms with Crippen LogP contribution in [0.25, 0.3) is 0 Å². The average molecular weight is 190 g/mol. The molecule has 0 aromatic carbocycles.